The van der Waals surface area contributed by atoms with Crippen LogP contribution in [0.1, 0.15) is 75.8 Å². The molecule has 0 amide bonds. The van der Waals surface area contributed by atoms with E-state index in [1.54, 1.807) is 19.9 Å². The molecule has 2 aliphatic rings. The van der Waals surface area contributed by atoms with Crippen molar-refractivity contribution >= 4 is 17.9 Å². The third-order valence-corrected chi connectivity index (χ3v) is 6.68. The molecule has 0 saturated heterocycles. The van der Waals surface area contributed by atoms with E-state index in [1.807, 2.05) is 0 Å². The van der Waals surface area contributed by atoms with Crippen LogP contribution in [-0.4, -0.2) is 51.2 Å². The lowest BCUT2D eigenvalue weighted by Crippen LogP contribution is -2.44. The van der Waals surface area contributed by atoms with Gasteiger partial charge in [-0.2, -0.15) is 0 Å². The third-order valence-electron chi connectivity index (χ3n) is 6.68. The van der Waals surface area contributed by atoms with E-state index < -0.39 is 35.5 Å². The zero-order valence-electron chi connectivity index (χ0n) is 21.3. The SMILES string of the molecule is COc1c(C)c2c(c(O)c1CC=C(C)CCC(=O)OC1c3cc(O)cc(O)c3C(=O)OC1(C)O)C(=O)OC2. The van der Waals surface area contributed by atoms with Crippen LogP contribution >= 0.6 is 0 Å². The molecule has 0 aliphatic carbocycles. The summed E-state index contributed by atoms with van der Waals surface area (Å²) in [6, 6.07) is 2.05. The average molecular weight is 529 g/mol. The quantitative estimate of drug-likeness (QED) is 0.236. The number of phenols is 3. The fourth-order valence-electron chi connectivity index (χ4n) is 4.71. The maximum absolute atomic E-state index is 12.7. The Kier molecular flexibility index (Phi) is 6.98. The minimum atomic E-state index is -2.23. The Morgan fingerprint density at radius 1 is 1.16 bits per heavy atom. The van der Waals surface area contributed by atoms with Gasteiger partial charge in [0.05, 0.1) is 7.11 Å². The van der Waals surface area contributed by atoms with Gasteiger partial charge in [-0.1, -0.05) is 11.6 Å². The molecule has 38 heavy (non-hydrogen) atoms. The Morgan fingerprint density at radius 2 is 1.87 bits per heavy atom. The van der Waals surface area contributed by atoms with Crippen LogP contribution < -0.4 is 4.74 Å². The standard InChI is InChI=1S/C27H28O11/c1-12(5-7-15-22(31)21-17(11-36-25(21)32)13(2)23(15)35-4)6-8-19(30)37-24-16-9-14(28)10-18(29)20(16)26(33)38-27(24,3)34/h5,9-10,24,28-29,31,34H,6-8,11H2,1-4H3. The molecule has 2 atom stereocenters. The number of hydrogen-bond donors (Lipinski definition) is 4. The van der Waals surface area contributed by atoms with Gasteiger partial charge < -0.3 is 39.4 Å². The highest BCUT2D eigenvalue weighted by Crippen LogP contribution is 2.44. The van der Waals surface area contributed by atoms with Crippen LogP contribution in [0.25, 0.3) is 0 Å². The van der Waals surface area contributed by atoms with Crippen molar-refractivity contribution in [3.63, 3.8) is 0 Å². The zero-order valence-corrected chi connectivity index (χ0v) is 21.3. The van der Waals surface area contributed by atoms with E-state index in [0.717, 1.165) is 24.6 Å². The van der Waals surface area contributed by atoms with Crippen molar-refractivity contribution in [3.05, 3.63) is 57.2 Å². The van der Waals surface area contributed by atoms with Crippen LogP contribution in [0.5, 0.6) is 23.0 Å². The van der Waals surface area contributed by atoms with Crippen molar-refractivity contribution in [1.29, 1.82) is 0 Å². The number of carbonyl (C=O) groups excluding carboxylic acids is 3. The zero-order chi connectivity index (χ0) is 27.9. The van der Waals surface area contributed by atoms with Gasteiger partial charge in [-0.05, 0) is 38.3 Å². The number of aromatic hydroxyl groups is 3. The summed E-state index contributed by atoms with van der Waals surface area (Å²) in [7, 11) is 1.47. The van der Waals surface area contributed by atoms with Gasteiger partial charge >= 0.3 is 17.9 Å². The van der Waals surface area contributed by atoms with Crippen molar-refractivity contribution in [2.45, 2.75) is 58.5 Å². The van der Waals surface area contributed by atoms with Crippen LogP contribution in [-0.2, 0) is 32.0 Å². The molecule has 2 unspecified atom stereocenters. The largest absolute Gasteiger partial charge is 0.508 e. The molecule has 2 heterocycles. The highest BCUT2D eigenvalue weighted by Gasteiger charge is 2.48. The summed E-state index contributed by atoms with van der Waals surface area (Å²) in [6.45, 7) is 4.75. The Balaban J connectivity index is 1.48. The molecule has 4 N–H and O–H groups in total. The molecule has 0 radical (unpaired) electrons. The van der Waals surface area contributed by atoms with Crippen molar-refractivity contribution in [3.8, 4) is 23.0 Å². The second kappa shape index (κ2) is 9.90. The van der Waals surface area contributed by atoms with Crippen LogP contribution in [0.4, 0.5) is 0 Å². The number of hydrogen-bond acceptors (Lipinski definition) is 11. The Labute approximate surface area is 217 Å². The average Bonchev–Trinajstić information content (AvgIpc) is 3.22. The molecule has 0 spiro atoms. The first-order chi connectivity index (χ1) is 17.9. The fourth-order valence-corrected chi connectivity index (χ4v) is 4.71. The molecule has 0 saturated carbocycles. The van der Waals surface area contributed by atoms with E-state index in [4.69, 9.17) is 18.9 Å². The summed E-state index contributed by atoms with van der Waals surface area (Å²) < 4.78 is 20.9. The van der Waals surface area contributed by atoms with E-state index in [1.165, 1.54) is 7.11 Å². The number of methoxy groups -OCH3 is 1. The Morgan fingerprint density at radius 3 is 2.55 bits per heavy atom. The van der Waals surface area contributed by atoms with Crippen molar-refractivity contribution in [2.75, 3.05) is 7.11 Å². The predicted molar refractivity (Wildman–Crippen MR) is 130 cm³/mol. The van der Waals surface area contributed by atoms with Gasteiger partial charge in [-0.25, -0.2) is 9.59 Å². The van der Waals surface area contributed by atoms with Crippen LogP contribution in [0.2, 0.25) is 0 Å². The molecular weight excluding hydrogens is 500 g/mol. The number of allylic oxidation sites excluding steroid dienone is 2. The van der Waals surface area contributed by atoms with Gasteiger partial charge in [0.1, 0.15) is 40.7 Å². The van der Waals surface area contributed by atoms with Crippen molar-refractivity contribution in [2.24, 2.45) is 0 Å². The summed E-state index contributed by atoms with van der Waals surface area (Å²) in [6.07, 6.45) is 0.653. The molecule has 11 heteroatoms. The Bertz CT molecular complexity index is 1370. The number of esters is 3. The van der Waals surface area contributed by atoms with Gasteiger partial charge in [-0.15, -0.1) is 0 Å². The minimum Gasteiger partial charge on any atom is -0.508 e. The van der Waals surface area contributed by atoms with Gasteiger partial charge in [-0.3, -0.25) is 4.79 Å². The lowest BCUT2D eigenvalue weighted by molar-refractivity contribution is -0.233. The van der Waals surface area contributed by atoms with Crippen molar-refractivity contribution in [1.82, 2.24) is 0 Å². The predicted octanol–water partition coefficient (Wildman–Crippen LogP) is 3.22. The third kappa shape index (κ3) is 4.72. The minimum absolute atomic E-state index is 0.0674. The molecular formula is C27H28O11. The maximum Gasteiger partial charge on any atom is 0.345 e. The van der Waals surface area contributed by atoms with E-state index in [2.05, 4.69) is 0 Å². The molecule has 11 nitrogen and oxygen atoms in total. The van der Waals surface area contributed by atoms with Gasteiger partial charge in [0.2, 0.25) is 0 Å². The van der Waals surface area contributed by atoms with E-state index >= 15 is 0 Å². The fraction of sp³-hybridized carbons (Fsp3) is 0.370. The highest BCUT2D eigenvalue weighted by molar-refractivity contribution is 5.98. The van der Waals surface area contributed by atoms with Gasteiger partial charge in [0.25, 0.3) is 5.79 Å². The molecule has 2 aliphatic heterocycles. The second-order valence-corrected chi connectivity index (χ2v) is 9.41. The van der Waals surface area contributed by atoms with E-state index in [9.17, 15) is 34.8 Å². The number of cyclic esters (lactones) is 2. The summed E-state index contributed by atoms with van der Waals surface area (Å²) in [5, 5.41) is 41.2. The highest BCUT2D eigenvalue weighted by atomic mass is 16.7. The summed E-state index contributed by atoms with van der Waals surface area (Å²) >= 11 is 0. The molecule has 2 aromatic carbocycles. The monoisotopic (exact) mass is 528 g/mol. The molecule has 202 valence electrons. The smallest absolute Gasteiger partial charge is 0.345 e. The summed E-state index contributed by atoms with van der Waals surface area (Å²) in [5.41, 5.74) is 2.20. The lowest BCUT2D eigenvalue weighted by Gasteiger charge is -2.36. The molecule has 0 bridgehead atoms. The topological polar surface area (TPSA) is 169 Å². The number of phenolic OH excluding ortho intramolecular Hbond substituents is 3. The maximum atomic E-state index is 12.7. The second-order valence-electron chi connectivity index (χ2n) is 9.41. The van der Waals surface area contributed by atoms with Gasteiger partial charge in [0, 0.05) is 36.1 Å². The first-order valence-electron chi connectivity index (χ1n) is 11.8. The van der Waals surface area contributed by atoms with Crippen LogP contribution in [0, 0.1) is 6.92 Å². The Hall–Kier alpha value is -4.25. The molecule has 0 aromatic heterocycles. The molecule has 4 rings (SSSR count). The summed E-state index contributed by atoms with van der Waals surface area (Å²) in [4.78, 5) is 37.0. The number of carbonyl (C=O) groups is 3. The summed E-state index contributed by atoms with van der Waals surface area (Å²) in [5.74, 6) is -5.30. The first-order valence-corrected chi connectivity index (χ1v) is 11.8. The lowest BCUT2D eigenvalue weighted by atomic mass is 9.93. The number of ether oxygens (including phenoxy) is 4. The number of fused-ring (bicyclic) bond motifs is 2. The van der Waals surface area contributed by atoms with Gasteiger partial charge in [0.15, 0.2) is 6.10 Å². The van der Waals surface area contributed by atoms with Crippen molar-refractivity contribution < 1.29 is 53.8 Å². The van der Waals surface area contributed by atoms with E-state index in [0.29, 0.717) is 22.4 Å². The van der Waals surface area contributed by atoms with Crippen LogP contribution in [0.3, 0.4) is 0 Å². The van der Waals surface area contributed by atoms with Crippen LogP contribution in [0.15, 0.2) is 23.8 Å². The number of aliphatic hydroxyl groups is 1. The normalized spacial score (nSPS) is 20.3. The van der Waals surface area contributed by atoms with E-state index in [-0.39, 0.29) is 54.1 Å². The molecule has 2 aromatic rings. The molecule has 0 fully saturated rings. The first kappa shape index (κ1) is 26.8. The number of rotatable bonds is 7. The number of benzene rings is 2.